The van der Waals surface area contributed by atoms with Crippen LogP contribution in [0.3, 0.4) is 0 Å². The van der Waals surface area contributed by atoms with E-state index in [1.165, 1.54) is 6.07 Å². The number of hydrazone groups is 1. The van der Waals surface area contributed by atoms with Crippen LogP contribution in [0.2, 0.25) is 0 Å². The van der Waals surface area contributed by atoms with Gasteiger partial charge in [-0.15, -0.1) is 0 Å². The van der Waals surface area contributed by atoms with Gasteiger partial charge in [0.2, 0.25) is 0 Å². The van der Waals surface area contributed by atoms with E-state index in [4.69, 9.17) is 0 Å². The van der Waals surface area contributed by atoms with Gasteiger partial charge in [0.05, 0.1) is 15.9 Å². The molecule has 0 spiro atoms. The summed E-state index contributed by atoms with van der Waals surface area (Å²) in [5, 5.41) is 37.2. The molecule has 0 amide bonds. The first-order valence-corrected chi connectivity index (χ1v) is 8.52. The van der Waals surface area contributed by atoms with Gasteiger partial charge in [0.1, 0.15) is 17.5 Å². The number of anilines is 1. The van der Waals surface area contributed by atoms with Crippen molar-refractivity contribution in [3.05, 3.63) is 110 Å². The van der Waals surface area contributed by atoms with Gasteiger partial charge in [-0.25, -0.2) is 0 Å². The van der Waals surface area contributed by atoms with Gasteiger partial charge in [-0.05, 0) is 11.6 Å². The van der Waals surface area contributed by atoms with Gasteiger partial charge in [0, 0.05) is 11.6 Å². The Balaban J connectivity index is 2.01. The fourth-order valence-electron chi connectivity index (χ4n) is 2.69. The standard InChI is InChI=1S/C20H16N4O5/c25-20(15-9-5-2-6-10-15)19(14-7-3-1-4-8-14)22-21-17-12-11-16(23(26)27)13-18(17)24(28)29/h1-13,20-21,25H/t20-/m1/s1. The van der Waals surface area contributed by atoms with Crippen LogP contribution in [0.4, 0.5) is 17.1 Å². The van der Waals surface area contributed by atoms with Gasteiger partial charge in [-0.2, -0.15) is 5.10 Å². The Morgan fingerprint density at radius 2 is 1.52 bits per heavy atom. The Kier molecular flexibility index (Phi) is 5.91. The molecular formula is C20H16N4O5. The van der Waals surface area contributed by atoms with Crippen molar-refractivity contribution in [2.75, 3.05) is 5.43 Å². The van der Waals surface area contributed by atoms with Gasteiger partial charge in [-0.3, -0.25) is 25.7 Å². The molecule has 9 heteroatoms. The maximum atomic E-state index is 11.3. The molecule has 3 aromatic carbocycles. The normalized spacial score (nSPS) is 12.2. The fourth-order valence-corrected chi connectivity index (χ4v) is 2.69. The first-order chi connectivity index (χ1) is 14.0. The van der Waals surface area contributed by atoms with E-state index in [0.717, 1.165) is 12.1 Å². The fraction of sp³-hybridized carbons (Fsp3) is 0.0500. The summed E-state index contributed by atoms with van der Waals surface area (Å²) < 4.78 is 0. The number of non-ortho nitro benzene ring substituents is 1. The summed E-state index contributed by atoms with van der Waals surface area (Å²) in [5.74, 6) is 0. The molecule has 0 aliphatic carbocycles. The number of aliphatic hydroxyl groups is 1. The largest absolute Gasteiger partial charge is 0.382 e. The molecule has 0 aromatic heterocycles. The molecular weight excluding hydrogens is 376 g/mol. The maximum Gasteiger partial charge on any atom is 0.301 e. The Morgan fingerprint density at radius 3 is 2.10 bits per heavy atom. The number of benzene rings is 3. The summed E-state index contributed by atoms with van der Waals surface area (Å²) in [6, 6.07) is 20.9. The van der Waals surface area contributed by atoms with E-state index in [-0.39, 0.29) is 11.4 Å². The number of hydrogen-bond acceptors (Lipinski definition) is 7. The van der Waals surface area contributed by atoms with E-state index in [9.17, 15) is 25.3 Å². The molecule has 0 fully saturated rings. The van der Waals surface area contributed by atoms with Crippen LogP contribution in [-0.2, 0) is 0 Å². The molecule has 0 radical (unpaired) electrons. The van der Waals surface area contributed by atoms with Crippen LogP contribution in [0, 0.1) is 20.2 Å². The third-order valence-electron chi connectivity index (χ3n) is 4.13. The quantitative estimate of drug-likeness (QED) is 0.354. The number of nitrogens with zero attached hydrogens (tertiary/aromatic N) is 3. The summed E-state index contributed by atoms with van der Waals surface area (Å²) in [7, 11) is 0. The number of hydrogen-bond donors (Lipinski definition) is 2. The Hall–Kier alpha value is -4.11. The van der Waals surface area contributed by atoms with Crippen molar-refractivity contribution in [3.63, 3.8) is 0 Å². The second kappa shape index (κ2) is 8.72. The van der Waals surface area contributed by atoms with Crippen LogP contribution < -0.4 is 5.43 Å². The van der Waals surface area contributed by atoms with Gasteiger partial charge < -0.3 is 5.11 Å². The second-order valence-electron chi connectivity index (χ2n) is 6.00. The molecule has 2 N–H and O–H groups in total. The zero-order valence-electron chi connectivity index (χ0n) is 15.0. The molecule has 0 saturated carbocycles. The lowest BCUT2D eigenvalue weighted by Crippen LogP contribution is -2.15. The summed E-state index contributed by atoms with van der Waals surface area (Å²) in [6.07, 6.45) is -1.09. The van der Waals surface area contributed by atoms with Crippen LogP contribution >= 0.6 is 0 Å². The molecule has 0 unspecified atom stereocenters. The van der Waals surface area contributed by atoms with Crippen molar-refractivity contribution in [1.82, 2.24) is 0 Å². The number of nitrogens with one attached hydrogen (secondary N) is 1. The van der Waals surface area contributed by atoms with Crippen LogP contribution in [0.15, 0.2) is 84.0 Å². The molecule has 146 valence electrons. The number of rotatable bonds is 7. The molecule has 9 nitrogen and oxygen atoms in total. The van der Waals surface area contributed by atoms with Crippen LogP contribution in [-0.4, -0.2) is 20.7 Å². The minimum Gasteiger partial charge on any atom is -0.382 e. The smallest absolute Gasteiger partial charge is 0.301 e. The number of nitro benzene ring substituents is 2. The molecule has 3 aromatic rings. The third-order valence-corrected chi connectivity index (χ3v) is 4.13. The zero-order chi connectivity index (χ0) is 20.8. The van der Waals surface area contributed by atoms with Gasteiger partial charge in [0.15, 0.2) is 0 Å². The van der Waals surface area contributed by atoms with Crippen LogP contribution in [0.25, 0.3) is 0 Å². The van der Waals surface area contributed by atoms with Crippen LogP contribution in [0.1, 0.15) is 17.2 Å². The van der Waals surface area contributed by atoms with Gasteiger partial charge >= 0.3 is 5.69 Å². The first kappa shape index (κ1) is 19.6. The van der Waals surface area contributed by atoms with E-state index >= 15 is 0 Å². The summed E-state index contributed by atoms with van der Waals surface area (Å²) in [4.78, 5) is 20.7. The highest BCUT2D eigenvalue weighted by Crippen LogP contribution is 2.29. The average molecular weight is 392 g/mol. The summed E-state index contributed by atoms with van der Waals surface area (Å²) >= 11 is 0. The van der Waals surface area contributed by atoms with E-state index in [0.29, 0.717) is 11.1 Å². The lowest BCUT2D eigenvalue weighted by Gasteiger charge is -2.15. The molecule has 0 bridgehead atoms. The Bertz CT molecular complexity index is 1050. The molecule has 3 rings (SSSR count). The highest BCUT2D eigenvalue weighted by atomic mass is 16.6. The predicted molar refractivity (Wildman–Crippen MR) is 108 cm³/mol. The summed E-state index contributed by atoms with van der Waals surface area (Å²) in [5.41, 5.74) is 3.09. The lowest BCUT2D eigenvalue weighted by molar-refractivity contribution is -0.393. The minimum atomic E-state index is -1.09. The number of nitro groups is 2. The predicted octanol–water partition coefficient (Wildman–Crippen LogP) is 4.05. The van der Waals surface area contributed by atoms with Crippen LogP contribution in [0.5, 0.6) is 0 Å². The molecule has 0 aliphatic rings. The molecule has 1 atom stereocenters. The molecule has 0 heterocycles. The minimum absolute atomic E-state index is 0.0331. The van der Waals surface area contributed by atoms with Crippen molar-refractivity contribution >= 4 is 22.8 Å². The van der Waals surface area contributed by atoms with Crippen molar-refractivity contribution < 1.29 is 15.0 Å². The monoisotopic (exact) mass is 392 g/mol. The van der Waals surface area contributed by atoms with Gasteiger partial charge in [-0.1, -0.05) is 60.7 Å². The average Bonchev–Trinajstić information content (AvgIpc) is 2.75. The SMILES string of the molecule is O=[N+]([O-])c1ccc(NN=C(c2ccccc2)[C@H](O)c2ccccc2)c([N+](=O)[O-])c1. The lowest BCUT2D eigenvalue weighted by atomic mass is 9.99. The summed E-state index contributed by atoms with van der Waals surface area (Å²) in [6.45, 7) is 0. The zero-order valence-corrected chi connectivity index (χ0v) is 15.0. The van der Waals surface area contributed by atoms with Crippen molar-refractivity contribution in [3.8, 4) is 0 Å². The van der Waals surface area contributed by atoms with Crippen molar-refractivity contribution in [1.29, 1.82) is 0 Å². The Labute approximate surface area is 165 Å². The highest BCUT2D eigenvalue weighted by molar-refractivity contribution is 6.04. The van der Waals surface area contributed by atoms with E-state index in [2.05, 4.69) is 10.5 Å². The van der Waals surface area contributed by atoms with E-state index in [1.54, 1.807) is 48.5 Å². The molecule has 0 aliphatic heterocycles. The highest BCUT2D eigenvalue weighted by Gasteiger charge is 2.21. The first-order valence-electron chi connectivity index (χ1n) is 8.52. The van der Waals surface area contributed by atoms with Crippen molar-refractivity contribution in [2.45, 2.75) is 6.10 Å². The van der Waals surface area contributed by atoms with E-state index < -0.39 is 27.3 Å². The second-order valence-corrected chi connectivity index (χ2v) is 6.00. The van der Waals surface area contributed by atoms with Crippen molar-refractivity contribution in [2.24, 2.45) is 5.10 Å². The molecule has 0 saturated heterocycles. The Morgan fingerprint density at radius 1 is 0.897 bits per heavy atom. The van der Waals surface area contributed by atoms with Gasteiger partial charge in [0.25, 0.3) is 5.69 Å². The third kappa shape index (κ3) is 4.60. The van der Waals surface area contributed by atoms with E-state index in [1.807, 2.05) is 12.1 Å². The maximum absolute atomic E-state index is 11.3. The topological polar surface area (TPSA) is 131 Å². The molecule has 29 heavy (non-hydrogen) atoms. The number of aliphatic hydroxyl groups excluding tert-OH is 1.